The molecule has 124 valence electrons. The Balaban J connectivity index is 1.66. The molecule has 0 aromatic carbocycles. The quantitative estimate of drug-likeness (QED) is 0.908. The SMILES string of the molecule is Cn1cnc(S(=O)(=O)N2CCCCC2c2nc(C3CC3)n[nH]2)c1. The molecule has 1 atom stereocenters. The van der Waals surface area contributed by atoms with Gasteiger partial charge in [-0.15, -0.1) is 0 Å². The van der Waals surface area contributed by atoms with Gasteiger partial charge in [0.25, 0.3) is 10.0 Å². The van der Waals surface area contributed by atoms with Crippen molar-refractivity contribution in [2.75, 3.05) is 6.54 Å². The normalized spacial score (nSPS) is 23.3. The van der Waals surface area contributed by atoms with E-state index in [-0.39, 0.29) is 11.1 Å². The van der Waals surface area contributed by atoms with E-state index >= 15 is 0 Å². The van der Waals surface area contributed by atoms with Crippen LogP contribution in [0, 0.1) is 0 Å². The van der Waals surface area contributed by atoms with E-state index in [1.165, 1.54) is 16.8 Å². The fraction of sp³-hybridized carbons (Fsp3) is 0.643. The maximum Gasteiger partial charge on any atom is 0.262 e. The molecule has 23 heavy (non-hydrogen) atoms. The molecule has 2 aromatic rings. The summed E-state index contributed by atoms with van der Waals surface area (Å²) in [6.07, 6.45) is 7.88. The van der Waals surface area contributed by atoms with Crippen molar-refractivity contribution in [1.82, 2.24) is 29.0 Å². The van der Waals surface area contributed by atoms with Crippen LogP contribution >= 0.6 is 0 Å². The van der Waals surface area contributed by atoms with Crippen molar-refractivity contribution in [3.05, 3.63) is 24.2 Å². The van der Waals surface area contributed by atoms with Gasteiger partial charge in [-0.1, -0.05) is 6.42 Å². The van der Waals surface area contributed by atoms with E-state index in [1.54, 1.807) is 11.6 Å². The summed E-state index contributed by atoms with van der Waals surface area (Å²) in [4.78, 5) is 8.58. The second-order valence-electron chi connectivity index (χ2n) is 6.36. The highest BCUT2D eigenvalue weighted by Gasteiger charge is 2.38. The average molecular weight is 336 g/mol. The molecule has 1 aliphatic carbocycles. The fourth-order valence-electron chi connectivity index (χ4n) is 3.07. The van der Waals surface area contributed by atoms with E-state index in [2.05, 4.69) is 20.2 Å². The van der Waals surface area contributed by atoms with Gasteiger partial charge in [0.05, 0.1) is 12.4 Å². The summed E-state index contributed by atoms with van der Waals surface area (Å²) in [5.74, 6) is 1.93. The first kappa shape index (κ1) is 14.8. The zero-order chi connectivity index (χ0) is 16.0. The van der Waals surface area contributed by atoms with Gasteiger partial charge in [0.1, 0.15) is 5.82 Å². The number of imidazole rings is 1. The zero-order valence-corrected chi connectivity index (χ0v) is 13.8. The molecular formula is C14H20N6O2S. The van der Waals surface area contributed by atoms with Crippen LogP contribution in [0.4, 0.5) is 0 Å². The van der Waals surface area contributed by atoms with Crippen molar-refractivity contribution in [2.24, 2.45) is 7.05 Å². The third-order valence-electron chi connectivity index (χ3n) is 4.49. The highest BCUT2D eigenvalue weighted by molar-refractivity contribution is 7.89. The predicted octanol–water partition coefficient (Wildman–Crippen LogP) is 1.33. The van der Waals surface area contributed by atoms with Crippen molar-refractivity contribution in [3.63, 3.8) is 0 Å². The van der Waals surface area contributed by atoms with E-state index in [1.807, 2.05) is 0 Å². The van der Waals surface area contributed by atoms with Gasteiger partial charge in [-0.25, -0.2) is 18.4 Å². The van der Waals surface area contributed by atoms with Crippen molar-refractivity contribution >= 4 is 10.0 Å². The number of rotatable bonds is 4. The Bertz CT molecular complexity index is 807. The molecule has 0 spiro atoms. The monoisotopic (exact) mass is 336 g/mol. The molecule has 2 fully saturated rings. The van der Waals surface area contributed by atoms with Gasteiger partial charge in [-0.2, -0.15) is 9.40 Å². The molecule has 1 unspecified atom stereocenters. The third-order valence-corrected chi connectivity index (χ3v) is 6.28. The molecule has 1 N–H and O–H groups in total. The van der Waals surface area contributed by atoms with Gasteiger partial charge in [0, 0.05) is 25.7 Å². The van der Waals surface area contributed by atoms with Gasteiger partial charge in [-0.05, 0) is 25.7 Å². The Morgan fingerprint density at radius 3 is 2.78 bits per heavy atom. The summed E-state index contributed by atoms with van der Waals surface area (Å²) in [7, 11) is -1.86. The van der Waals surface area contributed by atoms with Crippen molar-refractivity contribution < 1.29 is 8.42 Å². The lowest BCUT2D eigenvalue weighted by Gasteiger charge is -2.32. The molecule has 3 heterocycles. The minimum absolute atomic E-state index is 0.0915. The lowest BCUT2D eigenvalue weighted by molar-refractivity contribution is 0.246. The van der Waals surface area contributed by atoms with Gasteiger partial charge in [-0.3, -0.25) is 5.10 Å². The lowest BCUT2D eigenvalue weighted by atomic mass is 10.0. The van der Waals surface area contributed by atoms with Gasteiger partial charge in [0.15, 0.2) is 10.9 Å². The third kappa shape index (κ3) is 2.67. The van der Waals surface area contributed by atoms with E-state index < -0.39 is 10.0 Å². The number of aromatic amines is 1. The Labute approximate surface area is 135 Å². The smallest absolute Gasteiger partial charge is 0.262 e. The van der Waals surface area contributed by atoms with Crippen molar-refractivity contribution in [1.29, 1.82) is 0 Å². The van der Waals surface area contributed by atoms with E-state index in [0.29, 0.717) is 18.3 Å². The number of nitrogens with one attached hydrogen (secondary N) is 1. The van der Waals surface area contributed by atoms with Crippen LogP contribution < -0.4 is 0 Å². The summed E-state index contributed by atoms with van der Waals surface area (Å²) in [5, 5.41) is 7.32. The second kappa shape index (κ2) is 5.41. The van der Waals surface area contributed by atoms with Crippen molar-refractivity contribution in [3.8, 4) is 0 Å². The van der Waals surface area contributed by atoms with Crippen LogP contribution in [0.2, 0.25) is 0 Å². The number of aryl methyl sites for hydroxylation is 1. The number of H-pyrrole nitrogens is 1. The Hall–Kier alpha value is -1.74. The molecule has 9 heteroatoms. The minimum Gasteiger partial charge on any atom is -0.339 e. The van der Waals surface area contributed by atoms with Crippen LogP contribution in [0.15, 0.2) is 17.6 Å². The second-order valence-corrected chi connectivity index (χ2v) is 8.20. The first-order chi connectivity index (χ1) is 11.1. The molecule has 4 rings (SSSR count). The molecule has 0 radical (unpaired) electrons. The summed E-state index contributed by atoms with van der Waals surface area (Å²) >= 11 is 0. The Kier molecular flexibility index (Phi) is 3.49. The summed E-state index contributed by atoms with van der Waals surface area (Å²) in [6.45, 7) is 0.489. The van der Waals surface area contributed by atoms with Gasteiger partial charge in [0.2, 0.25) is 0 Å². The fourth-order valence-corrected chi connectivity index (χ4v) is 4.70. The van der Waals surface area contributed by atoms with E-state index in [0.717, 1.165) is 37.9 Å². The Morgan fingerprint density at radius 1 is 1.26 bits per heavy atom. The highest BCUT2D eigenvalue weighted by Crippen LogP contribution is 2.39. The predicted molar refractivity (Wildman–Crippen MR) is 82.0 cm³/mol. The molecule has 2 aromatic heterocycles. The zero-order valence-electron chi connectivity index (χ0n) is 13.0. The first-order valence-corrected chi connectivity index (χ1v) is 9.42. The average Bonchev–Trinajstić information content (AvgIpc) is 3.10. The number of piperidine rings is 1. The lowest BCUT2D eigenvalue weighted by Crippen LogP contribution is -2.39. The molecule has 1 saturated heterocycles. The van der Waals surface area contributed by atoms with Crippen LogP contribution in [-0.4, -0.2) is 44.0 Å². The van der Waals surface area contributed by atoms with Gasteiger partial charge < -0.3 is 4.57 Å². The van der Waals surface area contributed by atoms with Crippen LogP contribution in [-0.2, 0) is 17.1 Å². The van der Waals surface area contributed by atoms with Crippen LogP contribution in [0.3, 0.4) is 0 Å². The Morgan fingerprint density at radius 2 is 2.09 bits per heavy atom. The number of hydrogen-bond acceptors (Lipinski definition) is 5. The van der Waals surface area contributed by atoms with Crippen LogP contribution in [0.25, 0.3) is 0 Å². The molecular weight excluding hydrogens is 316 g/mol. The molecule has 8 nitrogen and oxygen atoms in total. The molecule has 0 amide bonds. The van der Waals surface area contributed by atoms with Crippen LogP contribution in [0.5, 0.6) is 0 Å². The highest BCUT2D eigenvalue weighted by atomic mass is 32.2. The van der Waals surface area contributed by atoms with Crippen LogP contribution in [0.1, 0.15) is 55.7 Å². The topological polar surface area (TPSA) is 96.8 Å². The molecule has 1 saturated carbocycles. The number of sulfonamides is 1. The number of nitrogens with zero attached hydrogens (tertiary/aromatic N) is 5. The number of hydrogen-bond donors (Lipinski definition) is 1. The largest absolute Gasteiger partial charge is 0.339 e. The van der Waals surface area contributed by atoms with Gasteiger partial charge >= 0.3 is 0 Å². The molecule has 0 bridgehead atoms. The minimum atomic E-state index is -3.62. The maximum absolute atomic E-state index is 12.9. The summed E-state index contributed by atoms with van der Waals surface area (Å²) < 4.78 is 29.0. The van der Waals surface area contributed by atoms with E-state index in [9.17, 15) is 8.42 Å². The standard InChI is InChI=1S/C14H20N6O2S/c1-19-8-12(15-9-19)23(21,22)20-7-3-2-4-11(20)14-16-13(17-18-14)10-5-6-10/h8-11H,2-7H2,1H3,(H,16,17,18). The van der Waals surface area contributed by atoms with Crippen molar-refractivity contribution in [2.45, 2.75) is 49.1 Å². The number of aromatic nitrogens is 5. The molecule has 2 aliphatic rings. The molecule has 1 aliphatic heterocycles. The summed E-state index contributed by atoms with van der Waals surface area (Å²) in [5.41, 5.74) is 0. The van der Waals surface area contributed by atoms with E-state index in [4.69, 9.17) is 0 Å². The summed E-state index contributed by atoms with van der Waals surface area (Å²) in [6, 6.07) is -0.282. The first-order valence-electron chi connectivity index (χ1n) is 7.98. The maximum atomic E-state index is 12.9.